The summed E-state index contributed by atoms with van der Waals surface area (Å²) in [6.45, 7) is 1.33. The molecule has 5 nitrogen and oxygen atoms in total. The van der Waals surface area contributed by atoms with Crippen molar-refractivity contribution < 1.29 is 14.4 Å². The number of likely N-dealkylation sites (tertiary alicyclic amines) is 2. The molecule has 2 heterocycles. The van der Waals surface area contributed by atoms with Gasteiger partial charge in [-0.3, -0.25) is 19.3 Å². The van der Waals surface area contributed by atoms with Crippen LogP contribution in [0.1, 0.15) is 31.2 Å². The van der Waals surface area contributed by atoms with Crippen LogP contribution in [0.25, 0.3) is 0 Å². The van der Waals surface area contributed by atoms with Crippen LogP contribution >= 0.6 is 0 Å². The van der Waals surface area contributed by atoms with Gasteiger partial charge >= 0.3 is 0 Å². The molecule has 3 amide bonds. The number of imide groups is 1. The third-order valence-electron chi connectivity index (χ3n) is 6.23. The summed E-state index contributed by atoms with van der Waals surface area (Å²) in [5.74, 6) is -0.357. The smallest absolute Gasteiger partial charge is 0.242 e. The zero-order valence-corrected chi connectivity index (χ0v) is 15.5. The van der Waals surface area contributed by atoms with Crippen molar-refractivity contribution in [3.8, 4) is 0 Å². The standard InChI is InChI=1S/C22H26N2O3/c25-20(15-24-21(26)18-8-4-5-9-19(18)22(24)27)23-12-10-17(11-13-23)14-16-6-2-1-3-7-16/h1-7,17-19H,8-15H2/t18-,19+. The SMILES string of the molecule is O=C(CN1C(=O)[C@H]2CC=CC[C@H]2C1=O)N1CCC(Cc2ccccc2)CC1. The predicted molar refractivity (Wildman–Crippen MR) is 102 cm³/mol. The van der Waals surface area contributed by atoms with E-state index >= 15 is 0 Å². The Kier molecular flexibility index (Phi) is 5.10. The van der Waals surface area contributed by atoms with Gasteiger partial charge in [0.1, 0.15) is 6.54 Å². The van der Waals surface area contributed by atoms with Crippen molar-refractivity contribution >= 4 is 17.7 Å². The van der Waals surface area contributed by atoms with Gasteiger partial charge in [0.05, 0.1) is 11.8 Å². The number of amides is 3. The Morgan fingerprint density at radius 2 is 1.52 bits per heavy atom. The number of hydrogen-bond acceptors (Lipinski definition) is 3. The van der Waals surface area contributed by atoms with Crippen molar-refractivity contribution in [1.29, 1.82) is 0 Å². The van der Waals surface area contributed by atoms with Crippen molar-refractivity contribution in [2.24, 2.45) is 17.8 Å². The number of piperidine rings is 1. The van der Waals surface area contributed by atoms with E-state index in [1.54, 1.807) is 0 Å². The van der Waals surface area contributed by atoms with Crippen LogP contribution in [0, 0.1) is 17.8 Å². The van der Waals surface area contributed by atoms with Crippen LogP contribution < -0.4 is 0 Å². The zero-order chi connectivity index (χ0) is 18.8. The molecule has 4 rings (SSSR count). The highest BCUT2D eigenvalue weighted by Crippen LogP contribution is 2.35. The van der Waals surface area contributed by atoms with E-state index in [4.69, 9.17) is 0 Å². The molecule has 0 unspecified atom stereocenters. The second-order valence-electron chi connectivity index (χ2n) is 7.93. The van der Waals surface area contributed by atoms with Gasteiger partial charge in [-0.1, -0.05) is 42.5 Å². The number of carbonyl (C=O) groups excluding carboxylic acids is 3. The zero-order valence-electron chi connectivity index (χ0n) is 15.5. The minimum atomic E-state index is -0.257. The highest BCUT2D eigenvalue weighted by molar-refractivity contribution is 6.07. The summed E-state index contributed by atoms with van der Waals surface area (Å²) < 4.78 is 0. The molecular formula is C22H26N2O3. The van der Waals surface area contributed by atoms with E-state index in [9.17, 15) is 14.4 Å². The van der Waals surface area contributed by atoms with Crippen molar-refractivity contribution in [2.75, 3.05) is 19.6 Å². The Morgan fingerprint density at radius 1 is 0.926 bits per heavy atom. The fourth-order valence-corrected chi connectivity index (χ4v) is 4.59. The molecule has 5 heteroatoms. The van der Waals surface area contributed by atoms with Gasteiger partial charge in [-0.05, 0) is 43.6 Å². The van der Waals surface area contributed by atoms with Crippen LogP contribution in [-0.2, 0) is 20.8 Å². The number of hydrogen-bond donors (Lipinski definition) is 0. The Balaban J connectivity index is 1.30. The highest BCUT2D eigenvalue weighted by Gasteiger charge is 2.47. The van der Waals surface area contributed by atoms with Crippen molar-refractivity contribution in [1.82, 2.24) is 9.80 Å². The van der Waals surface area contributed by atoms with Crippen LogP contribution in [0.4, 0.5) is 0 Å². The lowest BCUT2D eigenvalue weighted by Crippen LogP contribution is -2.46. The summed E-state index contributed by atoms with van der Waals surface area (Å²) in [6.07, 6.45) is 8.15. The van der Waals surface area contributed by atoms with E-state index in [-0.39, 0.29) is 36.1 Å². The van der Waals surface area contributed by atoms with Gasteiger partial charge in [0.2, 0.25) is 17.7 Å². The molecule has 0 aromatic heterocycles. The summed E-state index contributed by atoms with van der Waals surface area (Å²) in [6, 6.07) is 10.4. The van der Waals surface area contributed by atoms with Gasteiger partial charge in [-0.15, -0.1) is 0 Å². The van der Waals surface area contributed by atoms with Crippen LogP contribution in [-0.4, -0.2) is 47.2 Å². The lowest BCUT2D eigenvalue weighted by Gasteiger charge is -2.33. The second kappa shape index (κ2) is 7.67. The Morgan fingerprint density at radius 3 is 2.11 bits per heavy atom. The maximum Gasteiger partial charge on any atom is 0.242 e. The summed E-state index contributed by atoms with van der Waals surface area (Å²) in [4.78, 5) is 40.8. The maximum atomic E-state index is 12.7. The number of benzene rings is 1. The number of carbonyl (C=O) groups is 3. The number of rotatable bonds is 4. The first-order chi connectivity index (χ1) is 13.1. The molecule has 0 N–H and O–H groups in total. The van der Waals surface area contributed by atoms with E-state index in [0.717, 1.165) is 19.3 Å². The maximum absolute atomic E-state index is 12.7. The first kappa shape index (κ1) is 18.0. The molecule has 0 saturated carbocycles. The monoisotopic (exact) mass is 366 g/mol. The topological polar surface area (TPSA) is 57.7 Å². The van der Waals surface area contributed by atoms with E-state index in [0.29, 0.717) is 31.8 Å². The average molecular weight is 366 g/mol. The molecule has 0 spiro atoms. The summed E-state index contributed by atoms with van der Waals surface area (Å²) in [5.41, 5.74) is 1.34. The summed E-state index contributed by atoms with van der Waals surface area (Å²) >= 11 is 0. The minimum absolute atomic E-state index is 0.0893. The molecule has 2 saturated heterocycles. The Labute approximate surface area is 160 Å². The van der Waals surface area contributed by atoms with Gasteiger partial charge < -0.3 is 4.90 Å². The molecule has 1 aliphatic carbocycles. The lowest BCUT2D eigenvalue weighted by atomic mass is 9.85. The minimum Gasteiger partial charge on any atom is -0.341 e. The molecule has 2 fully saturated rings. The summed E-state index contributed by atoms with van der Waals surface area (Å²) in [7, 11) is 0. The van der Waals surface area contributed by atoms with Gasteiger partial charge in [0.15, 0.2) is 0 Å². The van der Waals surface area contributed by atoms with Crippen LogP contribution in [0.15, 0.2) is 42.5 Å². The van der Waals surface area contributed by atoms with E-state index in [1.165, 1.54) is 10.5 Å². The predicted octanol–water partition coefficient (Wildman–Crippen LogP) is 2.42. The lowest BCUT2D eigenvalue weighted by molar-refractivity contribution is -0.147. The molecular weight excluding hydrogens is 340 g/mol. The summed E-state index contributed by atoms with van der Waals surface area (Å²) in [5, 5.41) is 0. The Bertz CT molecular complexity index is 724. The molecule has 0 radical (unpaired) electrons. The largest absolute Gasteiger partial charge is 0.341 e. The fraction of sp³-hybridized carbons (Fsp3) is 0.500. The Hall–Kier alpha value is -2.43. The van der Waals surface area contributed by atoms with Gasteiger partial charge in [-0.25, -0.2) is 0 Å². The third-order valence-corrected chi connectivity index (χ3v) is 6.23. The van der Waals surface area contributed by atoms with Gasteiger partial charge in [0.25, 0.3) is 0 Å². The van der Waals surface area contributed by atoms with E-state index in [2.05, 4.69) is 24.3 Å². The molecule has 2 atom stereocenters. The second-order valence-corrected chi connectivity index (χ2v) is 7.93. The van der Waals surface area contributed by atoms with Crippen molar-refractivity contribution in [2.45, 2.75) is 32.1 Å². The molecule has 1 aromatic carbocycles. The molecule has 3 aliphatic rings. The molecule has 2 aliphatic heterocycles. The first-order valence-corrected chi connectivity index (χ1v) is 9.95. The molecule has 1 aromatic rings. The van der Waals surface area contributed by atoms with E-state index < -0.39 is 0 Å². The average Bonchev–Trinajstić information content (AvgIpc) is 2.94. The molecule has 27 heavy (non-hydrogen) atoms. The molecule has 142 valence electrons. The highest BCUT2D eigenvalue weighted by atomic mass is 16.2. The van der Waals surface area contributed by atoms with Crippen molar-refractivity contribution in [3.05, 3.63) is 48.0 Å². The first-order valence-electron chi connectivity index (χ1n) is 9.95. The third kappa shape index (κ3) is 3.68. The number of allylic oxidation sites excluding steroid dienone is 2. The van der Waals surface area contributed by atoms with E-state index in [1.807, 2.05) is 23.1 Å². The fourth-order valence-electron chi connectivity index (χ4n) is 4.59. The quantitative estimate of drug-likeness (QED) is 0.607. The van der Waals surface area contributed by atoms with Crippen molar-refractivity contribution in [3.63, 3.8) is 0 Å². The van der Waals surface area contributed by atoms with Gasteiger partial charge in [0, 0.05) is 13.1 Å². The number of fused-ring (bicyclic) bond motifs is 1. The number of nitrogens with zero attached hydrogens (tertiary/aromatic N) is 2. The van der Waals surface area contributed by atoms with Crippen LogP contribution in [0.2, 0.25) is 0 Å². The molecule has 0 bridgehead atoms. The normalized spacial score (nSPS) is 25.8. The van der Waals surface area contributed by atoms with Crippen LogP contribution in [0.5, 0.6) is 0 Å². The van der Waals surface area contributed by atoms with Gasteiger partial charge in [-0.2, -0.15) is 0 Å². The van der Waals surface area contributed by atoms with Crippen LogP contribution in [0.3, 0.4) is 0 Å².